The first kappa shape index (κ1) is 16.2. The smallest absolute Gasteiger partial charge is 0.378 e. The summed E-state index contributed by atoms with van der Waals surface area (Å²) in [5.74, 6) is 0.644. The van der Waals surface area contributed by atoms with E-state index in [1.54, 1.807) is 0 Å². The molecule has 4 nitrogen and oxygen atoms in total. The minimum Gasteiger partial charge on any atom is -0.378 e. The highest BCUT2D eigenvalue weighted by Crippen LogP contribution is 2.26. The van der Waals surface area contributed by atoms with E-state index in [1.165, 1.54) is 7.11 Å². The van der Waals surface area contributed by atoms with Crippen molar-refractivity contribution in [1.29, 1.82) is 0 Å². The van der Waals surface area contributed by atoms with Gasteiger partial charge in [0, 0.05) is 20.1 Å². The number of nitrogens with zero attached hydrogens (tertiary/aromatic N) is 2. The Hall–Kier alpha value is -0.890. The molecule has 0 aliphatic carbocycles. The van der Waals surface area contributed by atoms with Crippen LogP contribution in [0.3, 0.4) is 0 Å². The molecule has 0 fully saturated rings. The Kier molecular flexibility index (Phi) is 5.99. The first-order chi connectivity index (χ1) is 8.87. The van der Waals surface area contributed by atoms with Gasteiger partial charge in [0.2, 0.25) is 0 Å². The second-order valence-corrected chi connectivity index (χ2v) is 4.62. The van der Waals surface area contributed by atoms with Gasteiger partial charge in [-0.2, -0.15) is 13.2 Å². The molecule has 108 valence electrons. The van der Waals surface area contributed by atoms with Crippen LogP contribution in [0.5, 0.6) is 0 Å². The van der Waals surface area contributed by atoms with E-state index in [2.05, 4.69) is 31.2 Å². The van der Waals surface area contributed by atoms with E-state index in [1.807, 2.05) is 6.92 Å². The normalized spacial score (nSPS) is 11.7. The summed E-state index contributed by atoms with van der Waals surface area (Å²) in [4.78, 5) is 8.17. The lowest BCUT2D eigenvalue weighted by Crippen LogP contribution is -2.13. The number of halogens is 4. The van der Waals surface area contributed by atoms with Gasteiger partial charge in [0.15, 0.2) is 0 Å². The zero-order valence-corrected chi connectivity index (χ0v) is 12.2. The van der Waals surface area contributed by atoms with Crippen molar-refractivity contribution in [2.45, 2.75) is 32.5 Å². The third kappa shape index (κ3) is 5.32. The van der Waals surface area contributed by atoms with Gasteiger partial charge in [0.25, 0.3) is 0 Å². The largest absolute Gasteiger partial charge is 0.389 e. The number of rotatable bonds is 6. The Morgan fingerprint density at radius 2 is 2.00 bits per heavy atom. The van der Waals surface area contributed by atoms with Crippen molar-refractivity contribution < 1.29 is 17.9 Å². The maximum absolute atomic E-state index is 12.2. The van der Waals surface area contributed by atoms with E-state index >= 15 is 0 Å². The molecule has 0 saturated carbocycles. The highest BCUT2D eigenvalue weighted by molar-refractivity contribution is 9.10. The minimum absolute atomic E-state index is 0.156. The molecule has 0 amide bonds. The van der Waals surface area contributed by atoms with Crippen LogP contribution >= 0.6 is 15.9 Å². The molecular formula is C11H15BrF3N3O. The third-order valence-corrected chi connectivity index (χ3v) is 3.06. The number of methoxy groups -OCH3 is 1. The molecule has 0 radical (unpaired) electrons. The Morgan fingerprint density at radius 1 is 1.32 bits per heavy atom. The number of aryl methyl sites for hydroxylation is 1. The Bertz CT molecular complexity index is 399. The number of alkyl halides is 3. The van der Waals surface area contributed by atoms with Gasteiger partial charge in [-0.25, -0.2) is 9.97 Å². The molecule has 1 aromatic heterocycles. The SMILES string of the molecule is CCNc1nc(CCC(F)(F)F)nc(COC)c1Br. The molecule has 1 N–H and O–H groups in total. The first-order valence-electron chi connectivity index (χ1n) is 5.72. The molecule has 0 aliphatic rings. The maximum atomic E-state index is 12.2. The summed E-state index contributed by atoms with van der Waals surface area (Å²) in [5, 5.41) is 2.98. The van der Waals surface area contributed by atoms with Crippen LogP contribution in [-0.2, 0) is 17.8 Å². The lowest BCUT2D eigenvalue weighted by molar-refractivity contribution is -0.134. The maximum Gasteiger partial charge on any atom is 0.389 e. The van der Waals surface area contributed by atoms with E-state index in [4.69, 9.17) is 4.74 Å². The van der Waals surface area contributed by atoms with Crippen LogP contribution in [0.2, 0.25) is 0 Å². The highest BCUT2D eigenvalue weighted by Gasteiger charge is 2.27. The molecule has 0 spiro atoms. The number of anilines is 1. The zero-order chi connectivity index (χ0) is 14.5. The molecule has 0 bridgehead atoms. The quantitative estimate of drug-likeness (QED) is 0.862. The summed E-state index contributed by atoms with van der Waals surface area (Å²) in [5.41, 5.74) is 0.533. The zero-order valence-electron chi connectivity index (χ0n) is 10.6. The van der Waals surface area contributed by atoms with Gasteiger partial charge >= 0.3 is 6.18 Å². The van der Waals surface area contributed by atoms with Crippen molar-refractivity contribution in [3.05, 3.63) is 16.0 Å². The topological polar surface area (TPSA) is 47.0 Å². The molecule has 0 aliphatic heterocycles. The van der Waals surface area contributed by atoms with Crippen LogP contribution in [0.4, 0.5) is 19.0 Å². The third-order valence-electron chi connectivity index (χ3n) is 2.22. The van der Waals surface area contributed by atoms with Crippen molar-refractivity contribution >= 4 is 21.7 Å². The fourth-order valence-electron chi connectivity index (χ4n) is 1.43. The second-order valence-electron chi connectivity index (χ2n) is 3.83. The van der Waals surface area contributed by atoms with E-state index in [9.17, 15) is 13.2 Å². The molecular weight excluding hydrogens is 327 g/mol. The molecule has 0 unspecified atom stereocenters. The average Bonchev–Trinajstić information content (AvgIpc) is 2.31. The van der Waals surface area contributed by atoms with Gasteiger partial charge in [-0.15, -0.1) is 0 Å². The summed E-state index contributed by atoms with van der Waals surface area (Å²) in [6, 6.07) is 0. The summed E-state index contributed by atoms with van der Waals surface area (Å²) in [7, 11) is 1.50. The van der Waals surface area contributed by atoms with E-state index in [0.717, 1.165) is 0 Å². The van der Waals surface area contributed by atoms with Gasteiger partial charge in [0.05, 0.1) is 23.2 Å². The van der Waals surface area contributed by atoms with Gasteiger partial charge in [-0.05, 0) is 22.9 Å². The van der Waals surface area contributed by atoms with Gasteiger partial charge < -0.3 is 10.1 Å². The number of ether oxygens (including phenoxy) is 1. The van der Waals surface area contributed by atoms with Crippen molar-refractivity contribution in [1.82, 2.24) is 9.97 Å². The Balaban J connectivity index is 2.97. The fourth-order valence-corrected chi connectivity index (χ4v) is 1.86. The number of hydrogen-bond donors (Lipinski definition) is 1. The van der Waals surface area contributed by atoms with Gasteiger partial charge in [0.1, 0.15) is 11.6 Å². The van der Waals surface area contributed by atoms with E-state index in [0.29, 0.717) is 22.5 Å². The van der Waals surface area contributed by atoms with E-state index < -0.39 is 12.6 Å². The predicted molar refractivity (Wildman–Crippen MR) is 69.0 cm³/mol. The summed E-state index contributed by atoms with van der Waals surface area (Å²) in [6.07, 6.45) is -5.39. The number of nitrogens with one attached hydrogen (secondary N) is 1. The molecule has 0 aromatic carbocycles. The lowest BCUT2D eigenvalue weighted by atomic mass is 10.2. The van der Waals surface area contributed by atoms with Crippen molar-refractivity contribution in [3.63, 3.8) is 0 Å². The molecule has 0 saturated heterocycles. The van der Waals surface area contributed by atoms with Crippen LogP contribution in [0, 0.1) is 0 Å². The standard InChI is InChI=1S/C11H15BrF3N3O/c1-3-16-10-9(12)7(6-19-2)17-8(18-10)4-5-11(13,14)15/h3-6H2,1-2H3,(H,16,17,18). The highest BCUT2D eigenvalue weighted by atomic mass is 79.9. The van der Waals surface area contributed by atoms with Crippen molar-refractivity contribution in [3.8, 4) is 0 Å². The second kappa shape index (κ2) is 7.04. The van der Waals surface area contributed by atoms with Crippen LogP contribution < -0.4 is 5.32 Å². The van der Waals surface area contributed by atoms with Crippen molar-refractivity contribution in [2.24, 2.45) is 0 Å². The summed E-state index contributed by atoms with van der Waals surface area (Å²) in [6.45, 7) is 2.70. The number of aromatic nitrogens is 2. The average molecular weight is 342 g/mol. The monoisotopic (exact) mass is 341 g/mol. The number of hydrogen-bond acceptors (Lipinski definition) is 4. The molecule has 19 heavy (non-hydrogen) atoms. The first-order valence-corrected chi connectivity index (χ1v) is 6.51. The van der Waals surface area contributed by atoms with Crippen LogP contribution in [-0.4, -0.2) is 29.8 Å². The Morgan fingerprint density at radius 3 is 2.53 bits per heavy atom. The Labute approximate surface area is 117 Å². The van der Waals surface area contributed by atoms with Crippen LogP contribution in [0.1, 0.15) is 24.9 Å². The fraction of sp³-hybridized carbons (Fsp3) is 0.636. The predicted octanol–water partition coefficient (Wildman–Crippen LogP) is 3.31. The van der Waals surface area contributed by atoms with E-state index in [-0.39, 0.29) is 18.9 Å². The van der Waals surface area contributed by atoms with Crippen LogP contribution in [0.25, 0.3) is 0 Å². The molecule has 8 heteroatoms. The van der Waals surface area contributed by atoms with Gasteiger partial charge in [-0.1, -0.05) is 0 Å². The summed E-state index contributed by atoms with van der Waals surface area (Å²) >= 11 is 3.32. The molecule has 1 rings (SSSR count). The van der Waals surface area contributed by atoms with Gasteiger partial charge in [-0.3, -0.25) is 0 Å². The molecule has 1 heterocycles. The van der Waals surface area contributed by atoms with Crippen LogP contribution in [0.15, 0.2) is 4.47 Å². The minimum atomic E-state index is -4.21. The molecule has 0 atom stereocenters. The van der Waals surface area contributed by atoms with Crippen molar-refractivity contribution in [2.75, 3.05) is 19.0 Å². The lowest BCUT2D eigenvalue weighted by Gasteiger charge is -2.12. The molecule has 1 aromatic rings. The summed E-state index contributed by atoms with van der Waals surface area (Å²) < 4.78 is 42.2.